The molecule has 0 radical (unpaired) electrons. The predicted molar refractivity (Wildman–Crippen MR) is 81.3 cm³/mol. The van der Waals surface area contributed by atoms with Gasteiger partial charge in [-0.2, -0.15) is 0 Å². The zero-order valence-corrected chi connectivity index (χ0v) is 12.5. The van der Waals surface area contributed by atoms with Gasteiger partial charge in [-0.05, 0) is 50.1 Å². The Labute approximate surface area is 124 Å². The van der Waals surface area contributed by atoms with Gasteiger partial charge in [0.15, 0.2) is 11.6 Å². The summed E-state index contributed by atoms with van der Waals surface area (Å²) in [6.45, 7) is 5.79. The molecule has 5 nitrogen and oxygen atoms in total. The Kier molecular flexibility index (Phi) is 4.87. The largest absolute Gasteiger partial charge is 0.487 e. The van der Waals surface area contributed by atoms with Crippen LogP contribution < -0.4 is 10.1 Å². The molecular weight excluding hydrogens is 266 g/mol. The number of ether oxygens (including phenoxy) is 1. The van der Waals surface area contributed by atoms with Crippen LogP contribution in [0.3, 0.4) is 0 Å². The van der Waals surface area contributed by atoms with Crippen molar-refractivity contribution in [3.05, 3.63) is 47.9 Å². The quantitative estimate of drug-likeness (QED) is 0.917. The number of aromatic nitrogens is 2. The van der Waals surface area contributed by atoms with Gasteiger partial charge in [0.1, 0.15) is 0 Å². The molecular formula is C16H19N3O2. The van der Waals surface area contributed by atoms with Crippen molar-refractivity contribution in [2.75, 3.05) is 5.32 Å². The van der Waals surface area contributed by atoms with Gasteiger partial charge in [-0.1, -0.05) is 0 Å². The molecule has 1 N–H and O–H groups in total. The minimum absolute atomic E-state index is 0.0206. The molecule has 0 aromatic carbocycles. The summed E-state index contributed by atoms with van der Waals surface area (Å²) in [4.78, 5) is 20.3. The van der Waals surface area contributed by atoms with Crippen molar-refractivity contribution < 1.29 is 9.53 Å². The van der Waals surface area contributed by atoms with Crippen LogP contribution in [0.25, 0.3) is 0 Å². The van der Waals surface area contributed by atoms with E-state index in [-0.39, 0.29) is 18.4 Å². The third-order valence-electron chi connectivity index (χ3n) is 2.88. The molecule has 2 aromatic rings. The highest BCUT2D eigenvalue weighted by Gasteiger charge is 2.11. The van der Waals surface area contributed by atoms with Crippen LogP contribution in [0.5, 0.6) is 5.75 Å². The van der Waals surface area contributed by atoms with E-state index in [9.17, 15) is 4.79 Å². The van der Waals surface area contributed by atoms with E-state index in [4.69, 9.17) is 4.74 Å². The van der Waals surface area contributed by atoms with Crippen molar-refractivity contribution in [1.29, 1.82) is 0 Å². The van der Waals surface area contributed by atoms with E-state index >= 15 is 0 Å². The van der Waals surface area contributed by atoms with Gasteiger partial charge in [0.25, 0.3) is 0 Å². The molecule has 0 unspecified atom stereocenters. The number of nitrogens with zero attached hydrogens (tertiary/aromatic N) is 2. The second-order valence-corrected chi connectivity index (χ2v) is 5.04. The van der Waals surface area contributed by atoms with Crippen molar-refractivity contribution in [1.82, 2.24) is 9.97 Å². The van der Waals surface area contributed by atoms with Gasteiger partial charge in [0, 0.05) is 18.6 Å². The smallest absolute Gasteiger partial charge is 0.230 e. The Morgan fingerprint density at radius 3 is 2.86 bits per heavy atom. The van der Waals surface area contributed by atoms with E-state index in [1.807, 2.05) is 26.8 Å². The Morgan fingerprint density at radius 2 is 2.14 bits per heavy atom. The summed E-state index contributed by atoms with van der Waals surface area (Å²) in [7, 11) is 0. The lowest BCUT2D eigenvalue weighted by molar-refractivity contribution is -0.115. The zero-order valence-electron chi connectivity index (χ0n) is 12.5. The number of amides is 1. The Hall–Kier alpha value is -2.43. The highest BCUT2D eigenvalue weighted by Crippen LogP contribution is 2.22. The Balaban J connectivity index is 2.08. The van der Waals surface area contributed by atoms with E-state index in [1.54, 1.807) is 30.7 Å². The lowest BCUT2D eigenvalue weighted by Gasteiger charge is -2.14. The van der Waals surface area contributed by atoms with Crippen LogP contribution in [0.15, 0.2) is 36.8 Å². The first-order valence-corrected chi connectivity index (χ1v) is 6.87. The third-order valence-corrected chi connectivity index (χ3v) is 2.88. The zero-order chi connectivity index (χ0) is 15.2. The minimum Gasteiger partial charge on any atom is -0.487 e. The Morgan fingerprint density at radius 1 is 1.33 bits per heavy atom. The first-order chi connectivity index (χ1) is 10.1. The molecule has 110 valence electrons. The Bertz CT molecular complexity index is 626. The van der Waals surface area contributed by atoms with Gasteiger partial charge < -0.3 is 10.1 Å². The number of pyridine rings is 2. The molecule has 1 amide bonds. The summed E-state index contributed by atoms with van der Waals surface area (Å²) in [5.74, 6) is 0.895. The molecule has 0 aliphatic carbocycles. The van der Waals surface area contributed by atoms with Crippen LogP contribution in [-0.2, 0) is 11.2 Å². The molecule has 0 saturated carbocycles. The van der Waals surface area contributed by atoms with Gasteiger partial charge in [0.2, 0.25) is 5.91 Å². The first kappa shape index (κ1) is 15.0. The number of hydrogen-bond acceptors (Lipinski definition) is 4. The number of aryl methyl sites for hydroxylation is 1. The van der Waals surface area contributed by atoms with Crippen LogP contribution in [-0.4, -0.2) is 22.0 Å². The standard InChI is InChI=1S/C16H19N3O2/c1-11(2)21-14-5-4-7-18-16(14)19-15(20)9-13-6-8-17-10-12(13)3/h4-8,10-11H,9H2,1-3H3,(H,18,19,20). The van der Waals surface area contributed by atoms with Gasteiger partial charge in [0.05, 0.1) is 12.5 Å². The number of hydrogen-bond donors (Lipinski definition) is 1. The van der Waals surface area contributed by atoms with Gasteiger partial charge in [-0.25, -0.2) is 4.98 Å². The van der Waals surface area contributed by atoms with Crippen molar-refractivity contribution >= 4 is 11.7 Å². The van der Waals surface area contributed by atoms with Crippen molar-refractivity contribution in [3.8, 4) is 5.75 Å². The molecule has 0 atom stereocenters. The van der Waals surface area contributed by atoms with E-state index in [0.717, 1.165) is 11.1 Å². The van der Waals surface area contributed by atoms with Gasteiger partial charge in [-0.15, -0.1) is 0 Å². The second-order valence-electron chi connectivity index (χ2n) is 5.04. The van der Waals surface area contributed by atoms with Crippen LogP contribution in [0.2, 0.25) is 0 Å². The maximum absolute atomic E-state index is 12.1. The molecule has 2 aromatic heterocycles. The molecule has 5 heteroatoms. The average molecular weight is 285 g/mol. The fourth-order valence-corrected chi connectivity index (χ4v) is 1.88. The fourth-order valence-electron chi connectivity index (χ4n) is 1.88. The summed E-state index contributed by atoms with van der Waals surface area (Å²) in [6.07, 6.45) is 5.36. The maximum atomic E-state index is 12.1. The molecule has 0 aliphatic heterocycles. The van der Waals surface area contributed by atoms with E-state index in [0.29, 0.717) is 11.6 Å². The number of nitrogens with one attached hydrogen (secondary N) is 1. The first-order valence-electron chi connectivity index (χ1n) is 6.87. The predicted octanol–water partition coefficient (Wildman–Crippen LogP) is 2.75. The van der Waals surface area contributed by atoms with E-state index in [1.165, 1.54) is 0 Å². The highest BCUT2D eigenvalue weighted by atomic mass is 16.5. The summed E-state index contributed by atoms with van der Waals surface area (Å²) in [6, 6.07) is 5.42. The molecule has 21 heavy (non-hydrogen) atoms. The summed E-state index contributed by atoms with van der Waals surface area (Å²) in [5.41, 5.74) is 1.94. The fraction of sp³-hybridized carbons (Fsp3) is 0.312. The molecule has 2 heterocycles. The van der Waals surface area contributed by atoms with Gasteiger partial charge in [-0.3, -0.25) is 9.78 Å². The molecule has 0 saturated heterocycles. The molecule has 0 bridgehead atoms. The van der Waals surface area contributed by atoms with Crippen LogP contribution in [0.1, 0.15) is 25.0 Å². The van der Waals surface area contributed by atoms with Crippen molar-refractivity contribution in [2.24, 2.45) is 0 Å². The van der Waals surface area contributed by atoms with Gasteiger partial charge >= 0.3 is 0 Å². The normalized spacial score (nSPS) is 10.5. The second kappa shape index (κ2) is 6.83. The number of rotatable bonds is 5. The highest BCUT2D eigenvalue weighted by molar-refractivity contribution is 5.92. The monoisotopic (exact) mass is 285 g/mol. The average Bonchev–Trinajstić information content (AvgIpc) is 2.43. The van der Waals surface area contributed by atoms with Crippen LogP contribution in [0.4, 0.5) is 5.82 Å². The lowest BCUT2D eigenvalue weighted by atomic mass is 10.1. The molecule has 0 aliphatic rings. The summed E-state index contributed by atoms with van der Waals surface area (Å²) < 4.78 is 5.63. The summed E-state index contributed by atoms with van der Waals surface area (Å²) >= 11 is 0. The number of carbonyl (C=O) groups excluding carboxylic acids is 1. The van der Waals surface area contributed by atoms with E-state index in [2.05, 4.69) is 15.3 Å². The maximum Gasteiger partial charge on any atom is 0.230 e. The SMILES string of the molecule is Cc1cnccc1CC(=O)Nc1ncccc1OC(C)C. The summed E-state index contributed by atoms with van der Waals surface area (Å²) in [5, 5.41) is 2.80. The van der Waals surface area contributed by atoms with Crippen molar-refractivity contribution in [2.45, 2.75) is 33.3 Å². The van der Waals surface area contributed by atoms with E-state index < -0.39 is 0 Å². The van der Waals surface area contributed by atoms with Crippen LogP contribution in [0, 0.1) is 6.92 Å². The third kappa shape index (κ3) is 4.27. The van der Waals surface area contributed by atoms with Crippen LogP contribution >= 0.6 is 0 Å². The lowest BCUT2D eigenvalue weighted by Crippen LogP contribution is -2.17. The number of carbonyl (C=O) groups is 1. The molecule has 0 fully saturated rings. The minimum atomic E-state index is -0.128. The molecule has 2 rings (SSSR count). The number of anilines is 1. The molecule has 0 spiro atoms. The topological polar surface area (TPSA) is 64.1 Å². The van der Waals surface area contributed by atoms with Crippen molar-refractivity contribution in [3.63, 3.8) is 0 Å².